The lowest BCUT2D eigenvalue weighted by Crippen LogP contribution is -2.17. The summed E-state index contributed by atoms with van der Waals surface area (Å²) < 4.78 is 85.5. The molecule has 8 rings (SSSR count). The molecular formula is C39H30F6N6O3. The summed E-state index contributed by atoms with van der Waals surface area (Å²) >= 11 is 0. The van der Waals surface area contributed by atoms with Crippen LogP contribution in [0.15, 0.2) is 110 Å². The van der Waals surface area contributed by atoms with Crippen molar-refractivity contribution in [2.75, 3.05) is 0 Å². The molecule has 2 saturated carbocycles. The number of carbonyl (C=O) groups is 1. The summed E-state index contributed by atoms with van der Waals surface area (Å²) in [6, 6.07) is 26.6. The number of ether oxygens (including phenoxy) is 2. The third-order valence-corrected chi connectivity index (χ3v) is 9.67. The number of ketones is 1. The van der Waals surface area contributed by atoms with Gasteiger partial charge in [-0.2, -0.15) is 0 Å². The lowest BCUT2D eigenvalue weighted by Gasteiger charge is -2.09. The second-order valence-corrected chi connectivity index (χ2v) is 13.5. The zero-order valence-corrected chi connectivity index (χ0v) is 28.2. The Kier molecular flexibility index (Phi) is 8.94. The topological polar surface area (TPSA) is 97.0 Å². The van der Waals surface area contributed by atoms with Gasteiger partial charge in [0.15, 0.2) is 11.6 Å². The molecule has 54 heavy (non-hydrogen) atoms. The molecule has 4 unspecified atom stereocenters. The van der Waals surface area contributed by atoms with Crippen LogP contribution in [0.3, 0.4) is 0 Å². The minimum atomic E-state index is -4.76. The molecule has 0 saturated heterocycles. The summed E-state index contributed by atoms with van der Waals surface area (Å²) in [5.41, 5.74) is 5.00. The minimum Gasteiger partial charge on any atom is -0.406 e. The van der Waals surface area contributed by atoms with E-state index >= 15 is 0 Å². The van der Waals surface area contributed by atoms with Crippen LogP contribution in [0.4, 0.5) is 26.3 Å². The molecule has 9 nitrogen and oxygen atoms in total. The number of nitrogens with zero attached hydrogens (tertiary/aromatic N) is 6. The maximum atomic E-state index is 13.0. The van der Waals surface area contributed by atoms with Gasteiger partial charge in [0.25, 0.3) is 0 Å². The van der Waals surface area contributed by atoms with Gasteiger partial charge in [-0.05, 0) is 96.2 Å². The van der Waals surface area contributed by atoms with Gasteiger partial charge in [-0.3, -0.25) is 4.79 Å². The molecule has 2 aliphatic carbocycles. The van der Waals surface area contributed by atoms with Crippen molar-refractivity contribution in [1.29, 1.82) is 0 Å². The fraction of sp³-hybridized carbons (Fsp3) is 0.256. The second kappa shape index (κ2) is 13.8. The Morgan fingerprint density at radius 2 is 0.944 bits per heavy atom. The number of halogens is 6. The fourth-order valence-corrected chi connectivity index (χ4v) is 6.83. The Morgan fingerprint density at radius 1 is 0.574 bits per heavy atom. The summed E-state index contributed by atoms with van der Waals surface area (Å²) in [7, 11) is 0. The fourth-order valence-electron chi connectivity index (χ4n) is 6.83. The monoisotopic (exact) mass is 744 g/mol. The van der Waals surface area contributed by atoms with Crippen LogP contribution in [0.1, 0.15) is 48.6 Å². The number of alkyl halides is 6. The summed E-state index contributed by atoms with van der Waals surface area (Å²) in [4.78, 5) is 21.7. The SMILES string of the molecule is O=C(CC1CC1c1ccc(-c2ncn(-c3ccc(OC(F)(F)F)cc3)n2)cc1)CC1CC1c1ccc(-c2ncn(-c3ccc(OC(F)(F)F)cc3)n2)cc1. The average molecular weight is 745 g/mol. The van der Waals surface area contributed by atoms with E-state index in [0.29, 0.717) is 59.5 Å². The van der Waals surface area contributed by atoms with E-state index in [1.54, 1.807) is 0 Å². The highest BCUT2D eigenvalue weighted by atomic mass is 19.4. The van der Waals surface area contributed by atoms with Gasteiger partial charge in [-0.25, -0.2) is 19.3 Å². The van der Waals surface area contributed by atoms with Crippen LogP contribution in [-0.2, 0) is 4.79 Å². The van der Waals surface area contributed by atoms with Crippen LogP contribution < -0.4 is 9.47 Å². The maximum Gasteiger partial charge on any atom is 0.573 e. The summed E-state index contributed by atoms with van der Waals surface area (Å²) in [5, 5.41) is 8.93. The van der Waals surface area contributed by atoms with E-state index < -0.39 is 12.7 Å². The number of benzene rings is 4. The van der Waals surface area contributed by atoms with Gasteiger partial charge >= 0.3 is 12.7 Å². The van der Waals surface area contributed by atoms with Crippen molar-refractivity contribution in [2.45, 2.75) is 50.2 Å². The van der Waals surface area contributed by atoms with Crippen molar-refractivity contribution in [3.8, 4) is 45.6 Å². The molecule has 0 aliphatic heterocycles. The lowest BCUT2D eigenvalue weighted by molar-refractivity contribution is -0.275. The zero-order valence-electron chi connectivity index (χ0n) is 28.2. The number of hydrogen-bond donors (Lipinski definition) is 0. The maximum absolute atomic E-state index is 13.0. The molecule has 0 amide bonds. The Balaban J connectivity index is 0.795. The molecular weight excluding hydrogens is 714 g/mol. The van der Waals surface area contributed by atoms with Crippen LogP contribution in [0.5, 0.6) is 11.5 Å². The van der Waals surface area contributed by atoms with E-state index in [1.165, 1.54) is 70.5 Å². The molecule has 0 radical (unpaired) electrons. The van der Waals surface area contributed by atoms with Crippen LogP contribution in [-0.4, -0.2) is 48.0 Å². The Labute approximate surface area is 304 Å². The molecule has 6 aromatic rings. The smallest absolute Gasteiger partial charge is 0.406 e. The van der Waals surface area contributed by atoms with Crippen LogP contribution in [0.25, 0.3) is 34.2 Å². The van der Waals surface area contributed by atoms with Gasteiger partial charge in [0.05, 0.1) is 11.4 Å². The summed E-state index contributed by atoms with van der Waals surface area (Å²) in [6.45, 7) is 0. The van der Waals surface area contributed by atoms with Gasteiger partial charge in [-0.1, -0.05) is 48.5 Å². The lowest BCUT2D eigenvalue weighted by atomic mass is 10.0. The Bertz CT molecular complexity index is 2090. The molecule has 2 heterocycles. The number of rotatable bonds is 12. The van der Waals surface area contributed by atoms with Crippen molar-refractivity contribution < 1.29 is 40.6 Å². The van der Waals surface area contributed by atoms with Crippen molar-refractivity contribution in [3.63, 3.8) is 0 Å². The second-order valence-electron chi connectivity index (χ2n) is 13.5. The summed E-state index contributed by atoms with van der Waals surface area (Å²) in [5.74, 6) is 1.90. The van der Waals surface area contributed by atoms with E-state index in [4.69, 9.17) is 0 Å². The first kappa shape index (κ1) is 35.1. The molecule has 0 N–H and O–H groups in total. The van der Waals surface area contributed by atoms with Gasteiger partial charge in [0, 0.05) is 24.0 Å². The standard InChI is InChI=1S/C39H30F6N6O3/c40-38(41,42)53-32-13-9-29(10-14-32)50-21-46-36(48-50)25-5-1-23(2-6-25)34-19-27(34)17-31(52)18-28-20-35(28)24-3-7-26(8-4-24)37-47-22-51(49-37)30-11-15-33(16-12-30)54-39(43,44)45/h1-16,21-22,27-28,34-35H,17-20H2. The predicted molar refractivity (Wildman–Crippen MR) is 183 cm³/mol. The third-order valence-electron chi connectivity index (χ3n) is 9.67. The van der Waals surface area contributed by atoms with Gasteiger partial charge in [0.2, 0.25) is 0 Å². The number of Topliss-reactive ketones (excluding diaryl/α,β-unsaturated/α-hetero) is 1. The molecule has 2 aliphatic rings. The van der Waals surface area contributed by atoms with E-state index in [9.17, 15) is 31.1 Å². The predicted octanol–water partition coefficient (Wildman–Crippen LogP) is 9.24. The van der Waals surface area contributed by atoms with E-state index in [-0.39, 0.29) is 17.3 Å². The molecule has 276 valence electrons. The third kappa shape index (κ3) is 8.29. The molecule has 0 bridgehead atoms. The normalized spacial score (nSPS) is 19.4. The zero-order chi connectivity index (χ0) is 37.6. The number of aromatic nitrogens is 6. The molecule has 0 spiro atoms. The molecule has 2 aromatic heterocycles. The molecule has 4 atom stereocenters. The first-order valence-electron chi connectivity index (χ1n) is 17.1. The van der Waals surface area contributed by atoms with Crippen molar-refractivity contribution in [2.24, 2.45) is 11.8 Å². The largest absolute Gasteiger partial charge is 0.573 e. The van der Waals surface area contributed by atoms with Gasteiger partial charge in [-0.15, -0.1) is 36.5 Å². The first-order chi connectivity index (χ1) is 25.8. The Morgan fingerprint density at radius 3 is 1.30 bits per heavy atom. The van der Waals surface area contributed by atoms with Crippen molar-refractivity contribution in [3.05, 3.63) is 121 Å². The highest BCUT2D eigenvalue weighted by Gasteiger charge is 2.43. The highest BCUT2D eigenvalue weighted by molar-refractivity contribution is 5.80. The molecule has 4 aromatic carbocycles. The average Bonchev–Trinajstić information content (AvgIpc) is 3.93. The Hall–Kier alpha value is -5.99. The first-order valence-corrected chi connectivity index (χ1v) is 17.1. The van der Waals surface area contributed by atoms with Crippen LogP contribution in [0, 0.1) is 11.8 Å². The van der Waals surface area contributed by atoms with E-state index in [2.05, 4.69) is 29.6 Å². The molecule has 2 fully saturated rings. The number of carbonyl (C=O) groups excluding carboxylic acids is 1. The summed E-state index contributed by atoms with van der Waals surface area (Å²) in [6.07, 6.45) is -3.50. The quantitative estimate of drug-likeness (QED) is 0.115. The van der Waals surface area contributed by atoms with Gasteiger partial charge < -0.3 is 9.47 Å². The minimum absolute atomic E-state index is 0.281. The van der Waals surface area contributed by atoms with E-state index in [1.807, 2.05) is 48.5 Å². The van der Waals surface area contributed by atoms with Crippen molar-refractivity contribution >= 4 is 5.78 Å². The van der Waals surface area contributed by atoms with Crippen LogP contribution in [0.2, 0.25) is 0 Å². The van der Waals surface area contributed by atoms with E-state index in [0.717, 1.165) is 35.1 Å². The van der Waals surface area contributed by atoms with Gasteiger partial charge in [0.1, 0.15) is 29.9 Å². The number of hydrogen-bond acceptors (Lipinski definition) is 7. The highest BCUT2D eigenvalue weighted by Crippen LogP contribution is 2.53. The van der Waals surface area contributed by atoms with Crippen molar-refractivity contribution in [1.82, 2.24) is 29.5 Å². The molecule has 15 heteroatoms. The van der Waals surface area contributed by atoms with Crippen LogP contribution >= 0.6 is 0 Å².